The number of ether oxygens (including phenoxy) is 2. The van der Waals surface area contributed by atoms with Gasteiger partial charge in [0, 0.05) is 31.6 Å². The number of methoxy groups -OCH3 is 2. The van der Waals surface area contributed by atoms with Crippen LogP contribution in [0.3, 0.4) is 0 Å². The fourth-order valence-electron chi connectivity index (χ4n) is 2.15. The van der Waals surface area contributed by atoms with Gasteiger partial charge < -0.3 is 14.6 Å². The molecule has 2 rings (SSSR count). The van der Waals surface area contributed by atoms with Gasteiger partial charge in [-0.15, -0.1) is 0 Å². The Hall–Kier alpha value is -2.06. The van der Waals surface area contributed by atoms with Gasteiger partial charge in [0.05, 0.1) is 0 Å². The number of carbonyl (C=O) groups is 1. The quantitative estimate of drug-likeness (QED) is 0.464. The second-order valence-corrected chi connectivity index (χ2v) is 5.43. The average Bonchev–Trinajstić information content (AvgIpc) is 2.60. The molecule has 0 aliphatic carbocycles. The fraction of sp³-hybridized carbons (Fsp3) is 0.188. The number of carboxylic acids is 1. The number of rotatable bonds is 6. The van der Waals surface area contributed by atoms with Crippen molar-refractivity contribution in [1.29, 1.82) is 0 Å². The molecule has 1 heterocycles. The van der Waals surface area contributed by atoms with E-state index in [1.807, 2.05) is 0 Å². The zero-order chi connectivity index (χ0) is 18.6. The van der Waals surface area contributed by atoms with Gasteiger partial charge in [-0.3, -0.25) is 0 Å². The van der Waals surface area contributed by atoms with Crippen molar-refractivity contribution in [3.05, 3.63) is 63.1 Å². The average molecular weight is 387 g/mol. The van der Waals surface area contributed by atoms with Crippen LogP contribution >= 0.6 is 23.2 Å². The van der Waals surface area contributed by atoms with Crippen LogP contribution in [0.25, 0.3) is 0 Å². The zero-order valence-corrected chi connectivity index (χ0v) is 14.7. The molecule has 0 saturated carbocycles. The second-order valence-electron chi connectivity index (χ2n) is 4.72. The van der Waals surface area contributed by atoms with Gasteiger partial charge in [-0.25, -0.2) is 19.2 Å². The number of aromatic nitrogens is 1. The topological polar surface area (TPSA) is 81.0 Å². The number of aromatic carboxylic acids is 1. The van der Waals surface area contributed by atoms with Crippen molar-refractivity contribution in [2.24, 2.45) is 4.99 Å². The van der Waals surface area contributed by atoms with Crippen LogP contribution in [0.15, 0.2) is 35.3 Å². The molecular formula is C16H13Cl2FN2O4. The zero-order valence-electron chi connectivity index (χ0n) is 13.2. The number of benzene rings is 1. The number of hydrogen-bond acceptors (Lipinski definition) is 5. The van der Waals surface area contributed by atoms with Crippen LogP contribution in [0.4, 0.5) is 4.39 Å². The third-order valence-electron chi connectivity index (χ3n) is 3.36. The fourth-order valence-corrected chi connectivity index (χ4v) is 2.64. The molecule has 1 aromatic carbocycles. The van der Waals surface area contributed by atoms with Crippen LogP contribution in [0.5, 0.6) is 0 Å². The molecule has 0 bridgehead atoms. The van der Waals surface area contributed by atoms with E-state index in [4.69, 9.17) is 32.7 Å². The summed E-state index contributed by atoms with van der Waals surface area (Å²) in [4.78, 5) is 18.9. The molecule has 2 aromatic rings. The van der Waals surface area contributed by atoms with Crippen LogP contribution < -0.4 is 0 Å². The normalized spacial score (nSPS) is 11.9. The molecule has 1 aromatic heterocycles. The predicted molar refractivity (Wildman–Crippen MR) is 90.9 cm³/mol. The summed E-state index contributed by atoms with van der Waals surface area (Å²) in [7, 11) is 2.68. The van der Waals surface area contributed by atoms with Crippen LogP contribution in [0.2, 0.25) is 10.3 Å². The molecule has 0 unspecified atom stereocenters. The number of halogens is 3. The van der Waals surface area contributed by atoms with Gasteiger partial charge >= 0.3 is 5.97 Å². The van der Waals surface area contributed by atoms with Gasteiger partial charge in [-0.05, 0) is 0 Å². The largest absolute Gasteiger partial charge is 0.478 e. The molecule has 0 radical (unpaired) electrons. The summed E-state index contributed by atoms with van der Waals surface area (Å²) in [5, 5.41) is 8.23. The minimum atomic E-state index is -1.61. The third-order valence-corrected chi connectivity index (χ3v) is 3.88. The van der Waals surface area contributed by atoms with Gasteiger partial charge in [-0.1, -0.05) is 53.5 Å². The summed E-state index contributed by atoms with van der Waals surface area (Å²) >= 11 is 11.4. The number of carboxylic acid groups (broad SMARTS) is 1. The molecule has 0 aliphatic heterocycles. The van der Waals surface area contributed by atoms with E-state index in [9.17, 15) is 14.3 Å². The van der Waals surface area contributed by atoms with Gasteiger partial charge in [-0.2, -0.15) is 0 Å². The van der Waals surface area contributed by atoms with E-state index in [1.165, 1.54) is 14.2 Å². The monoisotopic (exact) mass is 386 g/mol. The predicted octanol–water partition coefficient (Wildman–Crippen LogP) is 3.75. The van der Waals surface area contributed by atoms with E-state index < -0.39 is 39.1 Å². The molecule has 25 heavy (non-hydrogen) atoms. The summed E-state index contributed by atoms with van der Waals surface area (Å²) in [6.45, 7) is 0. The summed E-state index contributed by atoms with van der Waals surface area (Å²) in [6, 6.07) is 8.63. The summed E-state index contributed by atoms with van der Waals surface area (Å²) < 4.78 is 24.9. The molecule has 0 spiro atoms. The number of aliphatic imine (C=N–C) groups is 1. The van der Waals surface area contributed by atoms with Crippen molar-refractivity contribution in [3.63, 3.8) is 0 Å². The van der Waals surface area contributed by atoms with Crippen molar-refractivity contribution in [1.82, 2.24) is 4.98 Å². The highest BCUT2D eigenvalue weighted by Crippen LogP contribution is 2.29. The first-order valence-corrected chi connectivity index (χ1v) is 7.60. The van der Waals surface area contributed by atoms with Crippen molar-refractivity contribution < 1.29 is 23.8 Å². The van der Waals surface area contributed by atoms with E-state index in [0.29, 0.717) is 5.56 Å². The smallest absolute Gasteiger partial charge is 0.339 e. The van der Waals surface area contributed by atoms with Crippen LogP contribution in [-0.2, 0) is 15.4 Å². The third kappa shape index (κ3) is 3.80. The lowest BCUT2D eigenvalue weighted by Gasteiger charge is -2.26. The first-order valence-electron chi connectivity index (χ1n) is 6.85. The minimum absolute atomic E-state index is 0.438. The Labute approximate surface area is 152 Å². The van der Waals surface area contributed by atoms with E-state index in [-0.39, 0.29) is 0 Å². The number of nitrogens with zero attached hydrogens (tertiary/aromatic N) is 2. The van der Waals surface area contributed by atoms with Gasteiger partial charge in [0.1, 0.15) is 10.7 Å². The molecule has 6 nitrogen and oxygen atoms in total. The van der Waals surface area contributed by atoms with E-state index >= 15 is 0 Å². The van der Waals surface area contributed by atoms with Crippen LogP contribution in [-0.4, -0.2) is 36.5 Å². The van der Waals surface area contributed by atoms with Crippen LogP contribution in [0.1, 0.15) is 21.5 Å². The Balaban J connectivity index is 2.62. The van der Waals surface area contributed by atoms with Crippen molar-refractivity contribution in [3.8, 4) is 0 Å². The maximum Gasteiger partial charge on any atom is 0.339 e. The van der Waals surface area contributed by atoms with Gasteiger partial charge in [0.15, 0.2) is 11.0 Å². The molecule has 1 N–H and O–H groups in total. The van der Waals surface area contributed by atoms with E-state index in [1.54, 1.807) is 30.3 Å². The molecule has 132 valence electrons. The lowest BCUT2D eigenvalue weighted by Crippen LogP contribution is -2.29. The molecule has 9 heteroatoms. The first-order chi connectivity index (χ1) is 11.9. The first kappa shape index (κ1) is 19.3. The highest BCUT2D eigenvalue weighted by Gasteiger charge is 2.32. The van der Waals surface area contributed by atoms with Crippen molar-refractivity contribution in [2.45, 2.75) is 5.91 Å². The number of pyridine rings is 1. The molecule has 0 fully saturated rings. The molecule has 0 saturated heterocycles. The lowest BCUT2D eigenvalue weighted by molar-refractivity contribution is -0.208. The molecule has 0 amide bonds. The lowest BCUT2D eigenvalue weighted by atomic mass is 10.1. The molecule has 0 atom stereocenters. The number of hydrogen-bond donors (Lipinski definition) is 1. The maximum absolute atomic E-state index is 14.3. The van der Waals surface area contributed by atoms with Crippen molar-refractivity contribution >= 4 is 35.4 Å². The van der Waals surface area contributed by atoms with Crippen LogP contribution in [0, 0.1) is 5.82 Å². The van der Waals surface area contributed by atoms with E-state index in [0.717, 1.165) is 6.21 Å². The Bertz CT molecular complexity index is 812. The van der Waals surface area contributed by atoms with Gasteiger partial charge in [0.25, 0.3) is 5.91 Å². The van der Waals surface area contributed by atoms with Gasteiger partial charge in [0.2, 0.25) is 0 Å². The Kier molecular flexibility index (Phi) is 6.07. The summed E-state index contributed by atoms with van der Waals surface area (Å²) in [5.74, 6) is -4.15. The maximum atomic E-state index is 14.3. The standard InChI is InChI=1S/C16H13Cl2FN2O4/c1-24-16(25-2,9-6-4-3-5-7-9)20-8-10-11(15(22)23)13(17)21-14(18)12(10)19/h3-8H,1-2H3,(H,22,23). The SMILES string of the molecule is COC(N=Cc1c(F)c(Cl)nc(Cl)c1C(=O)O)(OC)c1ccccc1. The summed E-state index contributed by atoms with van der Waals surface area (Å²) in [5.41, 5.74) is -0.492. The highest BCUT2D eigenvalue weighted by atomic mass is 35.5. The Morgan fingerprint density at radius 3 is 2.36 bits per heavy atom. The second kappa shape index (κ2) is 7.88. The summed E-state index contributed by atoms with van der Waals surface area (Å²) in [6.07, 6.45) is 0.943. The Morgan fingerprint density at radius 1 is 1.24 bits per heavy atom. The minimum Gasteiger partial charge on any atom is -0.478 e. The Morgan fingerprint density at radius 2 is 1.84 bits per heavy atom. The molecule has 0 aliphatic rings. The highest BCUT2D eigenvalue weighted by molar-refractivity contribution is 6.35. The van der Waals surface area contributed by atoms with E-state index in [2.05, 4.69) is 9.98 Å². The van der Waals surface area contributed by atoms with Crippen molar-refractivity contribution in [2.75, 3.05) is 14.2 Å². The molecular weight excluding hydrogens is 374 g/mol.